The topological polar surface area (TPSA) is 74.0 Å². The van der Waals surface area contributed by atoms with Gasteiger partial charge in [0.1, 0.15) is 11.4 Å². The Balaban J connectivity index is 1.48. The van der Waals surface area contributed by atoms with Crippen LogP contribution >= 0.6 is 0 Å². The van der Waals surface area contributed by atoms with Crippen molar-refractivity contribution in [1.29, 1.82) is 0 Å². The molecule has 5 rings (SSSR count). The van der Waals surface area contributed by atoms with Crippen molar-refractivity contribution in [3.8, 4) is 11.1 Å². The van der Waals surface area contributed by atoms with Crippen LogP contribution in [-0.2, 0) is 0 Å². The molecule has 0 aliphatic rings. The van der Waals surface area contributed by atoms with Crippen LogP contribution in [0.4, 0.5) is 22.7 Å². The number of hydrogen-bond acceptors (Lipinski definition) is 4. The van der Waals surface area contributed by atoms with Gasteiger partial charge in [0, 0.05) is 22.8 Å². The molecule has 0 unspecified atom stereocenters. The van der Waals surface area contributed by atoms with Gasteiger partial charge in [0.15, 0.2) is 0 Å². The Kier molecular flexibility index (Phi) is 4.21. The van der Waals surface area contributed by atoms with Gasteiger partial charge in [0.25, 0.3) is 10.9 Å². The fourth-order valence-corrected chi connectivity index (χ4v) is 3.71. The number of hydrogen-bond donors (Lipinski definition) is 3. The molecule has 0 aliphatic carbocycles. The van der Waals surface area contributed by atoms with E-state index in [0.29, 0.717) is 0 Å². The average molecular weight is 393 g/mol. The first-order valence-corrected chi connectivity index (χ1v) is 9.71. The lowest BCUT2D eigenvalue weighted by Crippen LogP contribution is -2.35. The number of rotatable bonds is 5. The van der Waals surface area contributed by atoms with Crippen molar-refractivity contribution in [2.75, 3.05) is 10.6 Å². The molecule has 1 aromatic heterocycles. The molecule has 5 heteroatoms. The van der Waals surface area contributed by atoms with E-state index in [1.807, 2.05) is 79.7 Å². The third-order valence-corrected chi connectivity index (χ3v) is 5.35. The molecule has 146 valence electrons. The van der Waals surface area contributed by atoms with Crippen molar-refractivity contribution in [3.05, 3.63) is 105 Å². The Labute approximate surface area is 172 Å². The van der Waals surface area contributed by atoms with E-state index >= 15 is 0 Å². The maximum atomic E-state index is 12.3. The van der Waals surface area contributed by atoms with Crippen LogP contribution in [0.2, 0.25) is 0 Å². The summed E-state index contributed by atoms with van der Waals surface area (Å²) in [6, 6.07) is 23.8. The van der Waals surface area contributed by atoms with Crippen molar-refractivity contribution in [2.24, 2.45) is 0 Å². The van der Waals surface area contributed by atoms with Crippen molar-refractivity contribution in [3.63, 3.8) is 0 Å². The highest BCUT2D eigenvalue weighted by atomic mass is 16.2. The second-order valence-electron chi connectivity index (χ2n) is 7.30. The molecule has 0 amide bonds. The van der Waals surface area contributed by atoms with Crippen molar-refractivity contribution < 1.29 is 0 Å². The summed E-state index contributed by atoms with van der Waals surface area (Å²) >= 11 is 0. The van der Waals surface area contributed by atoms with Crippen LogP contribution in [0.15, 0.2) is 88.6 Å². The number of fused-ring (bicyclic) bond motifs is 1. The van der Waals surface area contributed by atoms with E-state index in [0.717, 1.165) is 39.0 Å². The van der Waals surface area contributed by atoms with E-state index in [-0.39, 0.29) is 11.4 Å². The van der Waals surface area contributed by atoms with Gasteiger partial charge in [0.05, 0.1) is 5.69 Å². The van der Waals surface area contributed by atoms with Crippen LogP contribution in [0, 0.1) is 6.92 Å². The standard InChI is InChI=1S/C25H19N3O2/c1-15-11-12-17(13-19(15)16-7-3-2-4-8-16)27-22-23(25(30)24(22)29)28-21-14-26-20-10-6-5-9-18(20)21/h2-14,26-28H,1H3. The first-order chi connectivity index (χ1) is 14.6. The molecule has 0 saturated heterocycles. The summed E-state index contributed by atoms with van der Waals surface area (Å²) in [4.78, 5) is 27.7. The highest BCUT2D eigenvalue weighted by Crippen LogP contribution is 2.31. The molecular weight excluding hydrogens is 374 g/mol. The van der Waals surface area contributed by atoms with Gasteiger partial charge >= 0.3 is 0 Å². The van der Waals surface area contributed by atoms with E-state index in [2.05, 4.69) is 15.6 Å². The lowest BCUT2D eigenvalue weighted by atomic mass is 10.00. The molecule has 0 fully saturated rings. The second kappa shape index (κ2) is 7.04. The van der Waals surface area contributed by atoms with Crippen LogP contribution in [0.25, 0.3) is 22.0 Å². The third-order valence-electron chi connectivity index (χ3n) is 5.35. The van der Waals surface area contributed by atoms with Gasteiger partial charge in [-0.2, -0.15) is 0 Å². The summed E-state index contributed by atoms with van der Waals surface area (Å²) in [5.41, 5.74) is 5.32. The molecule has 0 bridgehead atoms. The Bertz CT molecular complexity index is 1440. The Morgan fingerprint density at radius 1 is 0.767 bits per heavy atom. The van der Waals surface area contributed by atoms with Gasteiger partial charge in [-0.3, -0.25) is 9.59 Å². The zero-order valence-corrected chi connectivity index (χ0v) is 16.3. The Hall–Kier alpha value is -4.12. The number of H-pyrrole nitrogens is 1. The van der Waals surface area contributed by atoms with E-state index in [4.69, 9.17) is 0 Å². The predicted molar refractivity (Wildman–Crippen MR) is 123 cm³/mol. The van der Waals surface area contributed by atoms with Gasteiger partial charge in [-0.15, -0.1) is 0 Å². The minimum Gasteiger partial charge on any atom is -0.359 e. The summed E-state index contributed by atoms with van der Waals surface area (Å²) in [5, 5.41) is 7.22. The minimum absolute atomic E-state index is 0.284. The van der Waals surface area contributed by atoms with Crippen LogP contribution in [-0.4, -0.2) is 4.98 Å². The summed E-state index contributed by atoms with van der Waals surface area (Å²) < 4.78 is 0. The summed E-state index contributed by atoms with van der Waals surface area (Å²) in [5.74, 6) is 0. The van der Waals surface area contributed by atoms with Crippen LogP contribution in [0.1, 0.15) is 5.56 Å². The maximum absolute atomic E-state index is 12.3. The number of anilines is 4. The molecule has 5 nitrogen and oxygen atoms in total. The molecular formula is C25H19N3O2. The van der Waals surface area contributed by atoms with E-state index < -0.39 is 10.9 Å². The molecule has 0 spiro atoms. The zero-order chi connectivity index (χ0) is 20.7. The maximum Gasteiger partial charge on any atom is 0.253 e. The molecule has 0 radical (unpaired) electrons. The normalized spacial score (nSPS) is 11.1. The average Bonchev–Trinajstić information content (AvgIpc) is 3.20. The third kappa shape index (κ3) is 2.97. The van der Waals surface area contributed by atoms with Gasteiger partial charge in [-0.05, 0) is 41.8 Å². The molecule has 30 heavy (non-hydrogen) atoms. The first-order valence-electron chi connectivity index (χ1n) is 9.71. The summed E-state index contributed by atoms with van der Waals surface area (Å²) in [6.45, 7) is 2.05. The van der Waals surface area contributed by atoms with Crippen molar-refractivity contribution >= 4 is 33.7 Å². The largest absolute Gasteiger partial charge is 0.359 e. The molecule has 3 N–H and O–H groups in total. The number of aromatic nitrogens is 1. The molecule has 0 saturated carbocycles. The SMILES string of the molecule is Cc1ccc(Nc2c(Nc3c[nH]c4ccccc34)c(=O)c2=O)cc1-c1ccccc1. The molecule has 4 aromatic carbocycles. The van der Waals surface area contributed by atoms with Gasteiger partial charge < -0.3 is 15.6 Å². The van der Waals surface area contributed by atoms with Gasteiger partial charge in [-0.1, -0.05) is 54.6 Å². The van der Waals surface area contributed by atoms with Crippen molar-refractivity contribution in [2.45, 2.75) is 6.92 Å². The van der Waals surface area contributed by atoms with Gasteiger partial charge in [0.2, 0.25) is 0 Å². The Morgan fingerprint density at radius 2 is 1.47 bits per heavy atom. The van der Waals surface area contributed by atoms with E-state index in [9.17, 15) is 9.59 Å². The van der Waals surface area contributed by atoms with E-state index in [1.54, 1.807) is 6.20 Å². The monoisotopic (exact) mass is 393 g/mol. The van der Waals surface area contributed by atoms with Crippen LogP contribution in [0.3, 0.4) is 0 Å². The van der Waals surface area contributed by atoms with Crippen molar-refractivity contribution in [1.82, 2.24) is 4.98 Å². The smallest absolute Gasteiger partial charge is 0.253 e. The fraction of sp³-hybridized carbons (Fsp3) is 0.0400. The van der Waals surface area contributed by atoms with Crippen LogP contribution in [0.5, 0.6) is 0 Å². The lowest BCUT2D eigenvalue weighted by Gasteiger charge is -2.16. The quantitative estimate of drug-likeness (QED) is 0.358. The molecule has 0 atom stereocenters. The first kappa shape index (κ1) is 17.9. The number of aromatic amines is 1. The fourth-order valence-electron chi connectivity index (χ4n) is 3.71. The zero-order valence-electron chi connectivity index (χ0n) is 16.3. The summed E-state index contributed by atoms with van der Waals surface area (Å²) in [6.07, 6.45) is 1.80. The molecule has 1 heterocycles. The minimum atomic E-state index is -0.516. The Morgan fingerprint density at radius 3 is 2.27 bits per heavy atom. The van der Waals surface area contributed by atoms with Gasteiger partial charge in [-0.25, -0.2) is 0 Å². The highest BCUT2D eigenvalue weighted by molar-refractivity contribution is 5.96. The number of nitrogens with one attached hydrogen (secondary N) is 3. The predicted octanol–water partition coefficient (Wildman–Crippen LogP) is 5.23. The second-order valence-corrected chi connectivity index (χ2v) is 7.30. The lowest BCUT2D eigenvalue weighted by molar-refractivity contribution is 1.35. The van der Waals surface area contributed by atoms with Crippen LogP contribution < -0.4 is 21.5 Å². The molecule has 0 aliphatic heterocycles. The number of para-hydroxylation sites is 1. The van der Waals surface area contributed by atoms with E-state index in [1.165, 1.54) is 0 Å². The summed E-state index contributed by atoms with van der Waals surface area (Å²) in [7, 11) is 0. The number of benzene rings is 3. The molecule has 5 aromatic rings. The number of aryl methyl sites for hydroxylation is 1. The highest BCUT2D eigenvalue weighted by Gasteiger charge is 2.22.